The van der Waals surface area contributed by atoms with Crippen LogP contribution in [0.1, 0.15) is 52.9 Å². The molecule has 4 N–H and O–H groups in total. The van der Waals surface area contributed by atoms with Gasteiger partial charge in [-0.05, 0) is 31.0 Å². The number of rotatable bonds is 6. The zero-order valence-corrected chi connectivity index (χ0v) is 15.1. The lowest BCUT2D eigenvalue weighted by Gasteiger charge is -2.35. The van der Waals surface area contributed by atoms with Crippen LogP contribution in [0.4, 0.5) is 0 Å². The Labute approximate surface area is 140 Å². The van der Waals surface area contributed by atoms with Crippen LogP contribution < -0.4 is 15.9 Å². The second-order valence-electron chi connectivity index (χ2n) is 7.64. The van der Waals surface area contributed by atoms with Gasteiger partial charge in [0.1, 0.15) is 6.04 Å². The van der Waals surface area contributed by atoms with Crippen molar-refractivity contribution >= 4 is 18.9 Å². The highest BCUT2D eigenvalue weighted by Crippen LogP contribution is 2.27. The molecule has 0 aromatic carbocycles. The lowest BCUT2D eigenvalue weighted by atomic mass is 9.78. The predicted octanol–water partition coefficient (Wildman–Crippen LogP) is 0.912. The molecule has 0 unspecified atom stereocenters. The molecule has 23 heavy (non-hydrogen) atoms. The fraction of sp³-hybridized carbons (Fsp3) is 0.875. The maximum atomic E-state index is 12.7. The van der Waals surface area contributed by atoms with Crippen molar-refractivity contribution in [1.82, 2.24) is 15.9 Å². The first-order valence-corrected chi connectivity index (χ1v) is 8.63. The molecular weight excluding hydrogens is 293 g/mol. The lowest BCUT2D eigenvalue weighted by molar-refractivity contribution is -0.132. The van der Waals surface area contributed by atoms with Crippen LogP contribution in [0.3, 0.4) is 0 Å². The summed E-state index contributed by atoms with van der Waals surface area (Å²) in [5.41, 5.74) is -0.374. The first kappa shape index (κ1) is 20.0. The minimum Gasteiger partial charge on any atom is -0.437 e. The van der Waals surface area contributed by atoms with Crippen LogP contribution in [-0.2, 0) is 9.59 Å². The van der Waals surface area contributed by atoms with Gasteiger partial charge >= 0.3 is 7.05 Å². The molecule has 0 radical (unpaired) electrons. The van der Waals surface area contributed by atoms with E-state index in [2.05, 4.69) is 15.9 Å². The number of hydrogen-bond donors (Lipinski definition) is 4. The summed E-state index contributed by atoms with van der Waals surface area (Å²) in [7, 11) is 0.803. The molecule has 0 aromatic heterocycles. The van der Waals surface area contributed by atoms with E-state index in [-0.39, 0.29) is 23.1 Å². The Morgan fingerprint density at radius 1 is 1.13 bits per heavy atom. The molecule has 7 heteroatoms. The zero-order chi connectivity index (χ0) is 17.6. The van der Waals surface area contributed by atoms with Crippen LogP contribution in [0.15, 0.2) is 0 Å². The van der Waals surface area contributed by atoms with Crippen molar-refractivity contribution in [2.45, 2.75) is 71.8 Å². The Morgan fingerprint density at radius 3 is 2.13 bits per heavy atom. The third-order valence-corrected chi connectivity index (χ3v) is 4.48. The van der Waals surface area contributed by atoms with Gasteiger partial charge in [0.15, 0.2) is 0 Å². The molecule has 1 fully saturated rings. The monoisotopic (exact) mass is 325 g/mol. The molecule has 2 atom stereocenters. The van der Waals surface area contributed by atoms with Crippen LogP contribution in [0.2, 0.25) is 6.82 Å². The van der Waals surface area contributed by atoms with Crippen molar-refractivity contribution in [3.05, 3.63) is 0 Å². The fourth-order valence-electron chi connectivity index (χ4n) is 3.22. The van der Waals surface area contributed by atoms with E-state index in [4.69, 9.17) is 0 Å². The van der Waals surface area contributed by atoms with E-state index in [0.717, 1.165) is 25.7 Å². The standard InChI is InChI=1S/C16H32BN3O3/c1-16(2,3)13(20-17(4)23)15(22)19-12(14(21)18-5)11-9-7-6-8-10-11/h11-13,20,23H,6-10H2,1-5H3,(H,18,21)(H,19,22)/t12-,13+/m0/s1. The van der Waals surface area contributed by atoms with Crippen molar-refractivity contribution in [1.29, 1.82) is 0 Å². The second-order valence-corrected chi connectivity index (χ2v) is 7.64. The van der Waals surface area contributed by atoms with Crippen molar-refractivity contribution in [3.8, 4) is 0 Å². The number of carbonyl (C=O) groups excluding carboxylic acids is 2. The van der Waals surface area contributed by atoms with E-state index in [1.165, 1.54) is 6.42 Å². The molecule has 1 aliphatic carbocycles. The number of hydrogen-bond acceptors (Lipinski definition) is 4. The van der Waals surface area contributed by atoms with Gasteiger partial charge in [-0.1, -0.05) is 40.0 Å². The van der Waals surface area contributed by atoms with Crippen LogP contribution in [-0.4, -0.2) is 43.0 Å². The van der Waals surface area contributed by atoms with Gasteiger partial charge in [-0.2, -0.15) is 0 Å². The Hall–Kier alpha value is -1.08. The lowest BCUT2D eigenvalue weighted by Crippen LogP contribution is -2.60. The number of carbonyl (C=O) groups is 2. The molecule has 1 rings (SSSR count). The normalized spacial score (nSPS) is 18.9. The van der Waals surface area contributed by atoms with Gasteiger partial charge in [-0.15, -0.1) is 0 Å². The van der Waals surface area contributed by atoms with E-state index >= 15 is 0 Å². The maximum Gasteiger partial charge on any atom is 0.374 e. The summed E-state index contributed by atoms with van der Waals surface area (Å²) < 4.78 is 0. The van der Waals surface area contributed by atoms with E-state index in [0.29, 0.717) is 0 Å². The van der Waals surface area contributed by atoms with E-state index in [9.17, 15) is 14.6 Å². The van der Waals surface area contributed by atoms with Gasteiger partial charge in [0.05, 0.1) is 6.04 Å². The van der Waals surface area contributed by atoms with Gasteiger partial charge < -0.3 is 20.9 Å². The average Bonchev–Trinajstić information content (AvgIpc) is 2.49. The highest BCUT2D eigenvalue weighted by Gasteiger charge is 2.37. The second kappa shape index (κ2) is 8.69. The molecule has 6 nitrogen and oxygen atoms in total. The molecule has 1 saturated carbocycles. The van der Waals surface area contributed by atoms with Crippen LogP contribution in [0.5, 0.6) is 0 Å². The summed E-state index contributed by atoms with van der Waals surface area (Å²) in [5, 5.41) is 18.1. The van der Waals surface area contributed by atoms with E-state index in [1.54, 1.807) is 13.9 Å². The average molecular weight is 325 g/mol. The van der Waals surface area contributed by atoms with Crippen LogP contribution in [0, 0.1) is 11.3 Å². The smallest absolute Gasteiger partial charge is 0.374 e. The van der Waals surface area contributed by atoms with Gasteiger partial charge in [0.2, 0.25) is 11.8 Å². The summed E-state index contributed by atoms with van der Waals surface area (Å²) in [5.74, 6) is -0.202. The van der Waals surface area contributed by atoms with Gasteiger partial charge in [0.25, 0.3) is 0 Å². The molecule has 0 aromatic rings. The summed E-state index contributed by atoms with van der Waals surface area (Å²) in [6.07, 6.45) is 5.31. The Morgan fingerprint density at radius 2 is 1.70 bits per heavy atom. The first-order valence-electron chi connectivity index (χ1n) is 8.63. The largest absolute Gasteiger partial charge is 0.437 e. The summed E-state index contributed by atoms with van der Waals surface area (Å²) >= 11 is 0. The highest BCUT2D eigenvalue weighted by atomic mass is 16.2. The Bertz CT molecular complexity index is 404. The fourth-order valence-corrected chi connectivity index (χ4v) is 3.22. The quantitative estimate of drug-likeness (QED) is 0.547. The predicted molar refractivity (Wildman–Crippen MR) is 92.8 cm³/mol. The van der Waals surface area contributed by atoms with Crippen LogP contribution in [0.25, 0.3) is 0 Å². The van der Waals surface area contributed by atoms with Crippen molar-refractivity contribution < 1.29 is 14.6 Å². The minimum absolute atomic E-state index is 0.144. The first-order chi connectivity index (χ1) is 10.7. The van der Waals surface area contributed by atoms with E-state index < -0.39 is 19.1 Å². The summed E-state index contributed by atoms with van der Waals surface area (Å²) in [6.45, 7) is 7.38. The van der Waals surface area contributed by atoms with E-state index in [1.807, 2.05) is 20.8 Å². The molecule has 0 heterocycles. The molecule has 2 amide bonds. The van der Waals surface area contributed by atoms with Gasteiger partial charge in [0, 0.05) is 7.05 Å². The molecule has 0 saturated heterocycles. The molecule has 0 aliphatic heterocycles. The SMILES string of the molecule is CNC(=O)[C@@H](NC(=O)[C@@H](NB(C)O)C(C)(C)C)C1CCCCC1. The van der Waals surface area contributed by atoms with Crippen molar-refractivity contribution in [2.24, 2.45) is 11.3 Å². The highest BCUT2D eigenvalue weighted by molar-refractivity contribution is 6.46. The number of nitrogens with one attached hydrogen (secondary N) is 3. The maximum absolute atomic E-state index is 12.7. The minimum atomic E-state index is -0.793. The van der Waals surface area contributed by atoms with Crippen molar-refractivity contribution in [2.75, 3.05) is 7.05 Å². The van der Waals surface area contributed by atoms with Crippen molar-refractivity contribution in [3.63, 3.8) is 0 Å². The third kappa shape index (κ3) is 6.14. The molecule has 0 spiro atoms. The number of amides is 2. The molecule has 132 valence electrons. The topological polar surface area (TPSA) is 90.5 Å². The summed E-state index contributed by atoms with van der Waals surface area (Å²) in [4.78, 5) is 25.0. The Kier molecular flexibility index (Phi) is 7.54. The molecule has 1 aliphatic rings. The third-order valence-electron chi connectivity index (χ3n) is 4.48. The van der Waals surface area contributed by atoms with Gasteiger partial charge in [-0.25, -0.2) is 0 Å². The molecular formula is C16H32BN3O3. The van der Waals surface area contributed by atoms with Crippen LogP contribution >= 0.6 is 0 Å². The summed E-state index contributed by atoms with van der Waals surface area (Å²) in [6, 6.07) is -1.08. The Balaban J connectivity index is 2.86. The molecule has 0 bridgehead atoms. The number of likely N-dealkylation sites (N-methyl/N-ethyl adjacent to an activating group) is 1. The zero-order valence-electron chi connectivity index (χ0n) is 15.1. The van der Waals surface area contributed by atoms with Gasteiger partial charge in [-0.3, -0.25) is 9.59 Å².